The zero-order valence-corrected chi connectivity index (χ0v) is 7.42. The Morgan fingerprint density at radius 1 is 1.40 bits per heavy atom. The summed E-state index contributed by atoms with van der Waals surface area (Å²) in [4.78, 5) is 29.4. The van der Waals surface area contributed by atoms with E-state index in [1.807, 2.05) is 5.32 Å². The molecule has 1 aromatic rings. The predicted octanol–water partition coefficient (Wildman–Crippen LogP) is 1.05. The van der Waals surface area contributed by atoms with Gasteiger partial charge in [-0.25, -0.2) is 0 Å². The van der Waals surface area contributed by atoms with Crippen molar-refractivity contribution in [2.24, 2.45) is 0 Å². The van der Waals surface area contributed by atoms with Gasteiger partial charge in [0, 0.05) is 6.92 Å². The summed E-state index contributed by atoms with van der Waals surface area (Å²) < 4.78 is 4.48. The predicted molar refractivity (Wildman–Crippen MR) is 46.3 cm³/mol. The largest absolute Gasteiger partial charge is 0.442 e. The number of nitro groups is 2. The highest BCUT2D eigenvalue weighted by Crippen LogP contribution is 2.32. The van der Waals surface area contributed by atoms with Gasteiger partial charge in [0.15, 0.2) is 0 Å². The fourth-order valence-electron chi connectivity index (χ4n) is 0.844. The van der Waals surface area contributed by atoms with Crippen LogP contribution >= 0.6 is 0 Å². The summed E-state index contributed by atoms with van der Waals surface area (Å²) in [6.07, 6.45) is 0. The van der Waals surface area contributed by atoms with Gasteiger partial charge in [-0.15, -0.1) is 0 Å². The molecule has 1 rings (SSSR count). The first-order valence-corrected chi connectivity index (χ1v) is 3.62. The molecule has 0 spiro atoms. The van der Waals surface area contributed by atoms with Crippen molar-refractivity contribution < 1.29 is 19.1 Å². The van der Waals surface area contributed by atoms with Crippen molar-refractivity contribution in [1.82, 2.24) is 0 Å². The summed E-state index contributed by atoms with van der Waals surface area (Å²) in [5.74, 6) is -1.97. The Morgan fingerprint density at radius 3 is 2.40 bits per heavy atom. The molecule has 9 heteroatoms. The molecule has 15 heavy (non-hydrogen) atoms. The molecular formula is C6H5N3O6. The first kappa shape index (κ1) is 10.6. The number of hydrogen-bond donors (Lipinski definition) is 1. The van der Waals surface area contributed by atoms with Crippen molar-refractivity contribution in [2.75, 3.05) is 5.32 Å². The van der Waals surface area contributed by atoms with Crippen molar-refractivity contribution in [3.8, 4) is 0 Å². The topological polar surface area (TPSA) is 129 Å². The quantitative estimate of drug-likeness (QED) is 0.592. The fourth-order valence-corrected chi connectivity index (χ4v) is 0.844. The zero-order valence-electron chi connectivity index (χ0n) is 7.42. The van der Waals surface area contributed by atoms with Crippen LogP contribution in [0.1, 0.15) is 6.92 Å². The molecule has 80 valence electrons. The highest BCUT2D eigenvalue weighted by atomic mass is 16.7. The summed E-state index contributed by atoms with van der Waals surface area (Å²) in [5, 5.41) is 22.6. The molecule has 0 aliphatic heterocycles. The van der Waals surface area contributed by atoms with Gasteiger partial charge in [0.05, 0.1) is 4.92 Å². The van der Waals surface area contributed by atoms with Gasteiger partial charge in [-0.1, -0.05) is 0 Å². The highest BCUT2D eigenvalue weighted by Gasteiger charge is 2.27. The van der Waals surface area contributed by atoms with E-state index in [0.29, 0.717) is 6.07 Å². The molecular weight excluding hydrogens is 210 g/mol. The Labute approximate surface area is 82.0 Å². The van der Waals surface area contributed by atoms with Crippen LogP contribution in [0.2, 0.25) is 0 Å². The average Bonchev–Trinajstić information content (AvgIpc) is 2.46. The van der Waals surface area contributed by atoms with Crippen molar-refractivity contribution in [1.29, 1.82) is 0 Å². The van der Waals surface area contributed by atoms with Crippen molar-refractivity contribution in [3.05, 3.63) is 26.3 Å². The summed E-state index contributed by atoms with van der Waals surface area (Å²) in [5.41, 5.74) is -0.656. The van der Waals surface area contributed by atoms with Gasteiger partial charge in [0.25, 0.3) is 5.88 Å². The zero-order chi connectivity index (χ0) is 11.6. The lowest BCUT2D eigenvalue weighted by molar-refractivity contribution is -0.402. The lowest BCUT2D eigenvalue weighted by Crippen LogP contribution is -2.06. The Bertz CT molecular complexity index is 436. The van der Waals surface area contributed by atoms with Gasteiger partial charge in [0.2, 0.25) is 5.91 Å². The Morgan fingerprint density at radius 2 is 2.00 bits per heavy atom. The van der Waals surface area contributed by atoms with Gasteiger partial charge in [-0.3, -0.25) is 30.3 Å². The molecule has 0 saturated heterocycles. The normalized spacial score (nSPS) is 9.67. The first-order chi connectivity index (χ1) is 6.91. The van der Waals surface area contributed by atoms with Gasteiger partial charge in [-0.2, -0.15) is 0 Å². The van der Waals surface area contributed by atoms with Crippen molar-refractivity contribution in [2.45, 2.75) is 6.92 Å². The molecule has 0 radical (unpaired) electrons. The molecule has 0 unspecified atom stereocenters. The van der Waals surface area contributed by atoms with Crippen LogP contribution in [-0.2, 0) is 4.79 Å². The minimum atomic E-state index is -0.932. The lowest BCUT2D eigenvalue weighted by Gasteiger charge is -1.93. The molecule has 1 amide bonds. The molecule has 1 aromatic heterocycles. The Balaban J connectivity index is 3.17. The summed E-state index contributed by atoms with van der Waals surface area (Å²) >= 11 is 0. The lowest BCUT2D eigenvalue weighted by atomic mass is 10.5. The minimum Gasteiger partial charge on any atom is -0.376 e. The molecule has 0 aromatic carbocycles. The van der Waals surface area contributed by atoms with Gasteiger partial charge in [-0.05, 0) is 0 Å². The third-order valence-corrected chi connectivity index (χ3v) is 1.37. The van der Waals surface area contributed by atoms with E-state index in [9.17, 15) is 25.0 Å². The van der Waals surface area contributed by atoms with E-state index >= 15 is 0 Å². The van der Waals surface area contributed by atoms with Crippen LogP contribution < -0.4 is 5.32 Å². The van der Waals surface area contributed by atoms with Crippen LogP contribution in [0.3, 0.4) is 0 Å². The monoisotopic (exact) mass is 215 g/mol. The van der Waals surface area contributed by atoms with Crippen molar-refractivity contribution >= 4 is 23.4 Å². The van der Waals surface area contributed by atoms with Gasteiger partial charge < -0.3 is 4.42 Å². The Kier molecular flexibility index (Phi) is 2.65. The fraction of sp³-hybridized carbons (Fsp3) is 0.167. The van der Waals surface area contributed by atoms with Gasteiger partial charge in [0.1, 0.15) is 11.0 Å². The average molecular weight is 215 g/mol. The molecule has 1 heterocycles. The molecule has 0 saturated carbocycles. The number of rotatable bonds is 3. The van der Waals surface area contributed by atoms with Crippen LogP contribution in [0, 0.1) is 20.2 Å². The second kappa shape index (κ2) is 3.74. The molecule has 0 bridgehead atoms. The molecule has 1 N–H and O–H groups in total. The highest BCUT2D eigenvalue weighted by molar-refractivity contribution is 5.89. The van der Waals surface area contributed by atoms with Crippen LogP contribution in [0.25, 0.3) is 0 Å². The van der Waals surface area contributed by atoms with Crippen molar-refractivity contribution in [3.63, 3.8) is 0 Å². The number of nitrogens with one attached hydrogen (secondary N) is 1. The van der Waals surface area contributed by atoms with E-state index in [0.717, 1.165) is 6.92 Å². The van der Waals surface area contributed by atoms with E-state index in [2.05, 4.69) is 4.42 Å². The van der Waals surface area contributed by atoms with E-state index in [1.165, 1.54) is 0 Å². The van der Waals surface area contributed by atoms with E-state index < -0.39 is 33.2 Å². The van der Waals surface area contributed by atoms with Gasteiger partial charge >= 0.3 is 11.6 Å². The third kappa shape index (κ3) is 2.27. The van der Waals surface area contributed by atoms with Crippen LogP contribution in [-0.4, -0.2) is 15.8 Å². The second-order valence-electron chi connectivity index (χ2n) is 2.49. The maximum atomic E-state index is 10.6. The SMILES string of the molecule is CC(=O)Nc1oc([N+](=O)[O-])cc1[N+](=O)[O-]. The number of carbonyl (C=O) groups is 1. The second-order valence-corrected chi connectivity index (χ2v) is 2.49. The molecule has 9 nitrogen and oxygen atoms in total. The van der Waals surface area contributed by atoms with Crippen LogP contribution in [0.4, 0.5) is 17.5 Å². The van der Waals surface area contributed by atoms with Crippen LogP contribution in [0.5, 0.6) is 0 Å². The van der Waals surface area contributed by atoms with E-state index in [-0.39, 0.29) is 0 Å². The summed E-state index contributed by atoms with van der Waals surface area (Å²) in [7, 11) is 0. The minimum absolute atomic E-state index is 0.542. The number of nitrogens with zero attached hydrogens (tertiary/aromatic N) is 2. The number of anilines is 1. The standard InChI is InChI=1S/C6H5N3O6/c1-3(10)7-6-4(8(11)12)2-5(15-6)9(13)14/h2H,1H3,(H,7,10). The molecule has 0 atom stereocenters. The van der Waals surface area contributed by atoms with E-state index in [4.69, 9.17) is 0 Å². The number of amides is 1. The maximum absolute atomic E-state index is 10.6. The molecule has 0 aliphatic carbocycles. The van der Waals surface area contributed by atoms with E-state index in [1.54, 1.807) is 0 Å². The number of furan rings is 1. The first-order valence-electron chi connectivity index (χ1n) is 3.62. The maximum Gasteiger partial charge on any atom is 0.442 e. The molecule has 0 aliphatic rings. The molecule has 0 fully saturated rings. The Hall–Kier alpha value is -2.45. The smallest absolute Gasteiger partial charge is 0.376 e. The summed E-state index contributed by atoms with van der Waals surface area (Å²) in [6.45, 7) is 1.10. The number of hydrogen-bond acceptors (Lipinski definition) is 6. The number of carbonyl (C=O) groups excluding carboxylic acids is 1. The van der Waals surface area contributed by atoms with Crippen LogP contribution in [0.15, 0.2) is 10.5 Å². The summed E-state index contributed by atoms with van der Waals surface area (Å²) in [6, 6.07) is 0.630. The third-order valence-electron chi connectivity index (χ3n) is 1.37.